The summed E-state index contributed by atoms with van der Waals surface area (Å²) < 4.78 is 26.9. The van der Waals surface area contributed by atoms with Crippen LogP contribution in [0.15, 0.2) is 17.6 Å². The van der Waals surface area contributed by atoms with E-state index in [1.165, 1.54) is 16.8 Å². The Bertz CT molecular complexity index is 452. The van der Waals surface area contributed by atoms with E-state index in [0.29, 0.717) is 13.1 Å². The zero-order chi connectivity index (χ0) is 11.1. The van der Waals surface area contributed by atoms with Gasteiger partial charge in [-0.25, -0.2) is 13.4 Å². The van der Waals surface area contributed by atoms with Crippen LogP contribution in [0.5, 0.6) is 0 Å². The Kier molecular flexibility index (Phi) is 3.95. The minimum absolute atomic E-state index is 0. The van der Waals surface area contributed by atoms with Gasteiger partial charge in [0.05, 0.1) is 6.33 Å². The number of halogens is 1. The lowest BCUT2D eigenvalue weighted by atomic mass is 10.2. The molecule has 1 aliphatic heterocycles. The van der Waals surface area contributed by atoms with Crippen LogP contribution < -0.4 is 5.32 Å². The predicted molar refractivity (Wildman–Crippen MR) is 62.1 cm³/mol. The second-order valence-electron chi connectivity index (χ2n) is 3.68. The Morgan fingerprint density at radius 2 is 2.12 bits per heavy atom. The predicted octanol–water partition coefficient (Wildman–Crippen LogP) is -0.566. The maximum atomic E-state index is 11.9. The van der Waals surface area contributed by atoms with Crippen molar-refractivity contribution < 1.29 is 8.42 Å². The van der Waals surface area contributed by atoms with E-state index in [0.717, 1.165) is 0 Å². The molecule has 1 fully saturated rings. The van der Waals surface area contributed by atoms with Gasteiger partial charge in [0.1, 0.15) is 0 Å². The van der Waals surface area contributed by atoms with Gasteiger partial charge in [-0.3, -0.25) is 0 Å². The van der Waals surface area contributed by atoms with Crippen molar-refractivity contribution in [1.29, 1.82) is 0 Å². The standard InChI is InChI=1S/C8H14N4O2S.ClH/c1-9-7-3-12(4-7)15(13,14)8-5-11(2)6-10-8;/h5-7,9H,3-4H2,1-2H3;1H. The minimum Gasteiger partial charge on any atom is -0.339 e. The number of nitrogens with one attached hydrogen (secondary N) is 1. The molecule has 0 aliphatic carbocycles. The Morgan fingerprint density at radius 1 is 1.50 bits per heavy atom. The van der Waals surface area contributed by atoms with Crippen molar-refractivity contribution in [2.45, 2.75) is 11.1 Å². The van der Waals surface area contributed by atoms with Crippen molar-refractivity contribution in [3.8, 4) is 0 Å². The summed E-state index contributed by atoms with van der Waals surface area (Å²) in [5.74, 6) is 0. The van der Waals surface area contributed by atoms with Crippen LogP contribution in [0.25, 0.3) is 0 Å². The van der Waals surface area contributed by atoms with E-state index in [4.69, 9.17) is 0 Å². The summed E-state index contributed by atoms with van der Waals surface area (Å²) in [6, 6.07) is 0.267. The van der Waals surface area contributed by atoms with E-state index >= 15 is 0 Å². The highest BCUT2D eigenvalue weighted by atomic mass is 35.5. The molecule has 0 atom stereocenters. The SMILES string of the molecule is CNC1CN(S(=O)(=O)c2cn(C)cn2)C1.Cl. The van der Waals surface area contributed by atoms with Gasteiger partial charge < -0.3 is 9.88 Å². The molecule has 16 heavy (non-hydrogen) atoms. The Hall–Kier alpha value is -0.630. The third-order valence-electron chi connectivity index (χ3n) is 2.54. The van der Waals surface area contributed by atoms with E-state index < -0.39 is 10.0 Å². The van der Waals surface area contributed by atoms with Crippen LogP contribution in [-0.4, -0.2) is 48.5 Å². The first-order valence-electron chi connectivity index (χ1n) is 4.69. The maximum absolute atomic E-state index is 11.9. The van der Waals surface area contributed by atoms with Crippen LogP contribution in [0.4, 0.5) is 0 Å². The molecule has 1 saturated heterocycles. The fraction of sp³-hybridized carbons (Fsp3) is 0.625. The van der Waals surface area contributed by atoms with E-state index in [9.17, 15) is 8.42 Å². The van der Waals surface area contributed by atoms with Gasteiger partial charge in [-0.05, 0) is 7.05 Å². The molecule has 0 saturated carbocycles. The molecule has 0 spiro atoms. The molecule has 0 radical (unpaired) electrons. The number of rotatable bonds is 3. The Morgan fingerprint density at radius 3 is 2.56 bits per heavy atom. The average molecular weight is 267 g/mol. The van der Waals surface area contributed by atoms with Crippen molar-refractivity contribution in [2.24, 2.45) is 7.05 Å². The summed E-state index contributed by atoms with van der Waals surface area (Å²) in [6.07, 6.45) is 3.00. The summed E-state index contributed by atoms with van der Waals surface area (Å²) >= 11 is 0. The van der Waals surface area contributed by atoms with Gasteiger partial charge in [0.2, 0.25) is 0 Å². The lowest BCUT2D eigenvalue weighted by molar-refractivity contribution is 0.236. The number of hydrogen-bond acceptors (Lipinski definition) is 4. The summed E-state index contributed by atoms with van der Waals surface area (Å²) in [5, 5.41) is 3.15. The molecule has 6 nitrogen and oxygen atoms in total. The topological polar surface area (TPSA) is 67.2 Å². The van der Waals surface area contributed by atoms with Crippen molar-refractivity contribution >= 4 is 22.4 Å². The maximum Gasteiger partial charge on any atom is 0.262 e. The first kappa shape index (κ1) is 13.4. The molecule has 1 aromatic heterocycles. The molecule has 8 heteroatoms. The van der Waals surface area contributed by atoms with Crippen molar-refractivity contribution in [3.63, 3.8) is 0 Å². The molecule has 1 N–H and O–H groups in total. The van der Waals surface area contributed by atoms with Gasteiger partial charge in [0, 0.05) is 32.4 Å². The summed E-state index contributed by atoms with van der Waals surface area (Å²) in [6.45, 7) is 1.05. The molecule has 0 amide bonds. The summed E-state index contributed by atoms with van der Waals surface area (Å²) in [7, 11) is 0.214. The number of likely N-dealkylation sites (N-methyl/N-ethyl adjacent to an activating group) is 1. The van der Waals surface area contributed by atoms with Gasteiger partial charge in [-0.15, -0.1) is 12.4 Å². The van der Waals surface area contributed by atoms with Crippen LogP contribution in [0.2, 0.25) is 0 Å². The smallest absolute Gasteiger partial charge is 0.262 e. The van der Waals surface area contributed by atoms with Crippen molar-refractivity contribution in [1.82, 2.24) is 19.2 Å². The van der Waals surface area contributed by atoms with Gasteiger partial charge >= 0.3 is 0 Å². The highest BCUT2D eigenvalue weighted by Crippen LogP contribution is 2.19. The van der Waals surface area contributed by atoms with E-state index in [1.807, 2.05) is 7.05 Å². The highest BCUT2D eigenvalue weighted by Gasteiger charge is 2.36. The van der Waals surface area contributed by atoms with Crippen molar-refractivity contribution in [3.05, 3.63) is 12.5 Å². The Labute approximate surface area is 101 Å². The molecular weight excluding hydrogens is 252 g/mol. The molecule has 0 unspecified atom stereocenters. The Balaban J connectivity index is 0.00000128. The molecule has 1 aliphatic rings. The second-order valence-corrected chi connectivity index (χ2v) is 5.57. The molecule has 0 aromatic carbocycles. The first-order valence-corrected chi connectivity index (χ1v) is 6.13. The van der Waals surface area contributed by atoms with Crippen LogP contribution in [0.1, 0.15) is 0 Å². The third kappa shape index (κ3) is 2.22. The monoisotopic (exact) mass is 266 g/mol. The fourth-order valence-electron chi connectivity index (χ4n) is 1.47. The van der Waals surface area contributed by atoms with Crippen LogP contribution in [0, 0.1) is 0 Å². The van der Waals surface area contributed by atoms with Gasteiger partial charge in [0.25, 0.3) is 10.0 Å². The summed E-state index contributed by atoms with van der Waals surface area (Å²) in [4.78, 5) is 3.85. The number of hydrogen-bond donors (Lipinski definition) is 1. The fourth-order valence-corrected chi connectivity index (χ4v) is 2.97. The molecule has 2 rings (SSSR count). The van der Waals surface area contributed by atoms with Crippen LogP contribution >= 0.6 is 12.4 Å². The molecule has 1 aromatic rings. The number of sulfonamides is 1. The summed E-state index contributed by atoms with van der Waals surface area (Å²) in [5.41, 5.74) is 0. The number of aromatic nitrogens is 2. The second kappa shape index (κ2) is 4.70. The lowest BCUT2D eigenvalue weighted by Crippen LogP contribution is -2.58. The quantitative estimate of drug-likeness (QED) is 0.796. The number of aryl methyl sites for hydroxylation is 1. The van der Waals surface area contributed by atoms with Gasteiger partial charge in [-0.1, -0.05) is 0 Å². The molecule has 92 valence electrons. The number of nitrogens with zero attached hydrogens (tertiary/aromatic N) is 3. The minimum atomic E-state index is -3.36. The van der Waals surface area contributed by atoms with E-state index in [1.54, 1.807) is 11.6 Å². The average Bonchev–Trinajstić information content (AvgIpc) is 2.50. The highest BCUT2D eigenvalue weighted by molar-refractivity contribution is 7.89. The van der Waals surface area contributed by atoms with Crippen LogP contribution in [-0.2, 0) is 17.1 Å². The zero-order valence-electron chi connectivity index (χ0n) is 9.12. The van der Waals surface area contributed by atoms with Crippen molar-refractivity contribution in [2.75, 3.05) is 20.1 Å². The third-order valence-corrected chi connectivity index (χ3v) is 4.26. The van der Waals surface area contributed by atoms with Crippen LogP contribution in [0.3, 0.4) is 0 Å². The molecule has 0 bridgehead atoms. The largest absolute Gasteiger partial charge is 0.339 e. The van der Waals surface area contributed by atoms with Gasteiger partial charge in [-0.2, -0.15) is 4.31 Å². The first-order chi connectivity index (χ1) is 7.04. The zero-order valence-corrected chi connectivity index (χ0v) is 10.8. The normalized spacial score (nSPS) is 17.9. The van der Waals surface area contributed by atoms with Gasteiger partial charge in [0.15, 0.2) is 5.03 Å². The van der Waals surface area contributed by atoms with E-state index in [2.05, 4.69) is 10.3 Å². The molecular formula is C8H15ClN4O2S. The van der Waals surface area contributed by atoms with E-state index in [-0.39, 0.29) is 23.5 Å². The molecule has 2 heterocycles. The lowest BCUT2D eigenvalue weighted by Gasteiger charge is -2.37. The number of imidazole rings is 1.